The zero-order chi connectivity index (χ0) is 9.45. The molecule has 0 nitrogen and oxygen atoms in total. The quantitative estimate of drug-likeness (QED) is 0.532. The molecule has 0 aliphatic rings. The smallest absolute Gasteiger partial charge is 0.0233 e. The molecule has 0 aromatic carbocycles. The van der Waals surface area contributed by atoms with Crippen LogP contribution in [0.4, 0.5) is 0 Å². The third-order valence-electron chi connectivity index (χ3n) is 2.35. The van der Waals surface area contributed by atoms with E-state index in [9.17, 15) is 0 Å². The Hall–Kier alpha value is 0.350. The van der Waals surface area contributed by atoms with E-state index in [4.69, 9.17) is 0 Å². The Morgan fingerprint density at radius 1 is 0.750 bits per heavy atom. The Morgan fingerprint density at radius 2 is 1.25 bits per heavy atom. The van der Waals surface area contributed by atoms with Gasteiger partial charge in [0.15, 0.2) is 0 Å². The van der Waals surface area contributed by atoms with E-state index < -0.39 is 0 Å². The van der Waals surface area contributed by atoms with E-state index >= 15 is 0 Å². The van der Waals surface area contributed by atoms with Crippen LogP contribution in [-0.4, -0.2) is 24.0 Å². The van der Waals surface area contributed by atoms with Crippen molar-refractivity contribution in [2.75, 3.05) is 24.0 Å². The highest BCUT2D eigenvalue weighted by molar-refractivity contribution is 8.32. The maximum Gasteiger partial charge on any atom is -0.0233 e. The van der Waals surface area contributed by atoms with Gasteiger partial charge in [-0.25, -0.2) is 10.0 Å². The van der Waals surface area contributed by atoms with Crippen LogP contribution < -0.4 is 0 Å². The fraction of sp³-hybridized carbons (Fsp3) is 1.00. The standard InChI is InChI=1S/C11H26S/c1-5-7-9-11-12(3,4)10-8-6-2/h5-11H2,1-4H3. The summed E-state index contributed by atoms with van der Waals surface area (Å²) in [5, 5.41) is 0. The van der Waals surface area contributed by atoms with E-state index in [0.29, 0.717) is 0 Å². The second-order valence-corrected chi connectivity index (χ2v) is 8.59. The first-order valence-electron chi connectivity index (χ1n) is 5.31. The van der Waals surface area contributed by atoms with Crippen LogP contribution in [0, 0.1) is 0 Å². The van der Waals surface area contributed by atoms with Gasteiger partial charge in [-0.05, 0) is 36.9 Å². The molecule has 12 heavy (non-hydrogen) atoms. The van der Waals surface area contributed by atoms with Gasteiger partial charge in [0, 0.05) is 0 Å². The summed E-state index contributed by atoms with van der Waals surface area (Å²) < 4.78 is 0. The molecule has 0 aromatic heterocycles. The second-order valence-electron chi connectivity index (χ2n) is 4.24. The van der Waals surface area contributed by atoms with Gasteiger partial charge >= 0.3 is 0 Å². The molecule has 0 fully saturated rings. The largest absolute Gasteiger partial charge is 0.247 e. The molecule has 0 amide bonds. The molecule has 0 aliphatic heterocycles. The van der Waals surface area contributed by atoms with Gasteiger partial charge in [-0.2, -0.15) is 0 Å². The Bertz CT molecular complexity index is 97.2. The van der Waals surface area contributed by atoms with E-state index in [0.717, 1.165) is 0 Å². The molecule has 0 N–H and O–H groups in total. The Morgan fingerprint density at radius 3 is 1.75 bits per heavy atom. The molecule has 0 aromatic rings. The normalized spacial score (nSPS) is 13.3. The predicted octanol–water partition coefficient (Wildman–Crippen LogP) is 4.04. The van der Waals surface area contributed by atoms with Crippen LogP contribution in [0.5, 0.6) is 0 Å². The van der Waals surface area contributed by atoms with E-state index in [2.05, 4.69) is 26.4 Å². The number of hydrogen-bond donors (Lipinski definition) is 0. The van der Waals surface area contributed by atoms with Crippen molar-refractivity contribution < 1.29 is 0 Å². The van der Waals surface area contributed by atoms with Gasteiger partial charge in [0.25, 0.3) is 0 Å². The second kappa shape index (κ2) is 6.82. The van der Waals surface area contributed by atoms with Crippen molar-refractivity contribution in [3.05, 3.63) is 0 Å². The molecule has 0 rings (SSSR count). The monoisotopic (exact) mass is 190 g/mol. The highest BCUT2D eigenvalue weighted by Gasteiger charge is 2.09. The molecule has 0 heterocycles. The first-order chi connectivity index (χ1) is 5.62. The molecule has 1 heteroatoms. The number of rotatable bonds is 7. The maximum atomic E-state index is 2.50. The van der Waals surface area contributed by atoms with Crippen LogP contribution in [0.25, 0.3) is 0 Å². The molecule has 0 saturated heterocycles. The minimum absolute atomic E-state index is 0.216. The van der Waals surface area contributed by atoms with Crippen molar-refractivity contribution in [1.29, 1.82) is 0 Å². The highest BCUT2D eigenvalue weighted by Crippen LogP contribution is 2.41. The van der Waals surface area contributed by atoms with Crippen molar-refractivity contribution in [2.45, 2.75) is 46.0 Å². The van der Waals surface area contributed by atoms with Gasteiger partial charge in [-0.15, -0.1) is 0 Å². The third kappa shape index (κ3) is 7.02. The van der Waals surface area contributed by atoms with E-state index in [1.54, 1.807) is 0 Å². The number of hydrogen-bond acceptors (Lipinski definition) is 0. The van der Waals surface area contributed by atoms with Gasteiger partial charge in [-0.3, -0.25) is 0 Å². The van der Waals surface area contributed by atoms with Gasteiger partial charge in [0.1, 0.15) is 0 Å². The lowest BCUT2D eigenvalue weighted by atomic mass is 10.3. The average Bonchev–Trinajstić information content (AvgIpc) is 2.01. The SMILES string of the molecule is CCCCCS(C)(C)CCCC. The van der Waals surface area contributed by atoms with Crippen molar-refractivity contribution in [3.8, 4) is 0 Å². The molecule has 0 unspecified atom stereocenters. The highest BCUT2D eigenvalue weighted by atomic mass is 32.3. The topological polar surface area (TPSA) is 0 Å². The number of unbranched alkanes of at least 4 members (excludes halogenated alkanes) is 3. The van der Waals surface area contributed by atoms with Crippen LogP contribution in [0.2, 0.25) is 0 Å². The first kappa shape index (κ1) is 12.3. The summed E-state index contributed by atoms with van der Waals surface area (Å²) >= 11 is 0. The lowest BCUT2D eigenvalue weighted by molar-refractivity contribution is 0.774. The minimum Gasteiger partial charge on any atom is -0.247 e. The lowest BCUT2D eigenvalue weighted by Gasteiger charge is -2.31. The fourth-order valence-corrected chi connectivity index (χ4v) is 3.64. The Labute approximate surface area is 80.4 Å². The van der Waals surface area contributed by atoms with E-state index in [-0.39, 0.29) is 10.0 Å². The fourth-order valence-electron chi connectivity index (χ4n) is 1.38. The van der Waals surface area contributed by atoms with Crippen LogP contribution in [0.15, 0.2) is 0 Å². The zero-order valence-corrected chi connectivity index (χ0v) is 10.2. The predicted molar refractivity (Wildman–Crippen MR) is 63.6 cm³/mol. The first-order valence-corrected chi connectivity index (χ1v) is 8.10. The lowest BCUT2D eigenvalue weighted by Crippen LogP contribution is -2.05. The van der Waals surface area contributed by atoms with Crippen LogP contribution in [0.3, 0.4) is 0 Å². The molecular weight excluding hydrogens is 164 g/mol. The molecule has 0 spiro atoms. The van der Waals surface area contributed by atoms with E-state index in [1.807, 2.05) is 0 Å². The summed E-state index contributed by atoms with van der Waals surface area (Å²) in [6, 6.07) is 0. The summed E-state index contributed by atoms with van der Waals surface area (Å²) in [4.78, 5) is 0. The summed E-state index contributed by atoms with van der Waals surface area (Å²) in [7, 11) is -0.216. The molecule has 0 aliphatic carbocycles. The van der Waals surface area contributed by atoms with Crippen molar-refractivity contribution in [2.24, 2.45) is 0 Å². The van der Waals surface area contributed by atoms with Gasteiger partial charge < -0.3 is 0 Å². The van der Waals surface area contributed by atoms with Crippen molar-refractivity contribution >= 4 is 10.0 Å². The maximum absolute atomic E-state index is 2.50. The summed E-state index contributed by atoms with van der Waals surface area (Å²) in [5.74, 6) is 2.99. The van der Waals surface area contributed by atoms with Gasteiger partial charge in [0.2, 0.25) is 0 Å². The molecule has 0 bridgehead atoms. The summed E-state index contributed by atoms with van der Waals surface area (Å²) in [6.07, 6.45) is 12.1. The minimum atomic E-state index is -0.216. The van der Waals surface area contributed by atoms with Gasteiger partial charge in [-0.1, -0.05) is 33.1 Å². The zero-order valence-electron chi connectivity index (χ0n) is 9.36. The molecule has 0 radical (unpaired) electrons. The Kier molecular flexibility index (Phi) is 7.02. The third-order valence-corrected chi connectivity index (χ3v) is 5.14. The van der Waals surface area contributed by atoms with E-state index in [1.165, 1.54) is 43.6 Å². The van der Waals surface area contributed by atoms with Crippen LogP contribution in [-0.2, 0) is 0 Å². The molecule has 76 valence electrons. The summed E-state index contributed by atoms with van der Waals surface area (Å²) in [6.45, 7) is 4.58. The van der Waals surface area contributed by atoms with Gasteiger partial charge in [0.05, 0.1) is 0 Å². The molecule has 0 saturated carbocycles. The average molecular weight is 190 g/mol. The van der Waals surface area contributed by atoms with Crippen LogP contribution >= 0.6 is 10.0 Å². The Balaban J connectivity index is 3.42. The van der Waals surface area contributed by atoms with Crippen molar-refractivity contribution in [1.82, 2.24) is 0 Å². The molecular formula is C11H26S. The molecule has 0 atom stereocenters. The summed E-state index contributed by atoms with van der Waals surface area (Å²) in [5.41, 5.74) is 0. The van der Waals surface area contributed by atoms with Crippen molar-refractivity contribution in [3.63, 3.8) is 0 Å². The van der Waals surface area contributed by atoms with Crippen LogP contribution in [0.1, 0.15) is 46.0 Å².